The topological polar surface area (TPSA) is 86.5 Å². The van der Waals surface area contributed by atoms with Gasteiger partial charge in [-0.1, -0.05) is 28.1 Å². The van der Waals surface area contributed by atoms with E-state index in [1.165, 1.54) is 30.3 Å². The minimum Gasteiger partial charge on any atom is -0.454 e. The Kier molecular flexibility index (Phi) is 5.97. The Morgan fingerprint density at radius 3 is 2.50 bits per heavy atom. The molecule has 0 N–H and O–H groups in total. The van der Waals surface area contributed by atoms with Gasteiger partial charge in [0.2, 0.25) is 0 Å². The fraction of sp³-hybridized carbons (Fsp3) is 0.0588. The lowest BCUT2D eigenvalue weighted by atomic mass is 10.1. The number of esters is 1. The smallest absolute Gasteiger partial charge is 0.331 e. The molecule has 0 saturated carbocycles. The number of Topliss-reactive ketones (excluding diaryl/α,β-unsaturated/α-hetero) is 1. The molecule has 0 atom stereocenters. The zero-order valence-electron chi connectivity index (χ0n) is 12.3. The normalized spacial score (nSPS) is 10.5. The highest BCUT2D eigenvalue weighted by Gasteiger charge is 2.09. The highest BCUT2D eigenvalue weighted by Crippen LogP contribution is 2.13. The number of nitro benzene ring substituents is 1. The summed E-state index contributed by atoms with van der Waals surface area (Å²) < 4.78 is 5.64. The number of ether oxygens (including phenoxy) is 1. The fourth-order valence-electron chi connectivity index (χ4n) is 1.80. The Morgan fingerprint density at radius 2 is 1.88 bits per heavy atom. The van der Waals surface area contributed by atoms with E-state index in [0.717, 1.165) is 10.5 Å². The molecule has 0 aliphatic rings. The monoisotopic (exact) mass is 389 g/mol. The average molecular weight is 390 g/mol. The first kappa shape index (κ1) is 17.6. The standard InChI is InChI=1S/C17H12BrNO5/c18-14-3-1-2-13(10-14)16(20)11-24-17(21)9-6-12-4-7-15(8-5-12)19(22)23/h1-10H,11H2/b9-6+. The van der Waals surface area contributed by atoms with Crippen LogP contribution in [0, 0.1) is 10.1 Å². The number of benzene rings is 2. The van der Waals surface area contributed by atoms with E-state index in [1.807, 2.05) is 0 Å². The van der Waals surface area contributed by atoms with Crippen LogP contribution in [-0.2, 0) is 9.53 Å². The molecule has 122 valence electrons. The molecule has 0 heterocycles. The molecule has 2 rings (SSSR count). The Hall–Kier alpha value is -2.80. The maximum atomic E-state index is 11.9. The van der Waals surface area contributed by atoms with Gasteiger partial charge in [-0.15, -0.1) is 0 Å². The van der Waals surface area contributed by atoms with Crippen molar-refractivity contribution in [2.45, 2.75) is 0 Å². The number of hydrogen-bond acceptors (Lipinski definition) is 5. The summed E-state index contributed by atoms with van der Waals surface area (Å²) in [6.45, 7) is -0.361. The van der Waals surface area contributed by atoms with Gasteiger partial charge in [-0.05, 0) is 35.9 Å². The van der Waals surface area contributed by atoms with E-state index < -0.39 is 10.9 Å². The number of nitrogens with zero attached hydrogens (tertiary/aromatic N) is 1. The Morgan fingerprint density at radius 1 is 1.17 bits per heavy atom. The van der Waals surface area contributed by atoms with Crippen LogP contribution >= 0.6 is 15.9 Å². The van der Waals surface area contributed by atoms with Crippen LogP contribution in [0.5, 0.6) is 0 Å². The number of rotatable bonds is 6. The van der Waals surface area contributed by atoms with Crippen LogP contribution in [0.25, 0.3) is 6.08 Å². The minimum absolute atomic E-state index is 0.0330. The van der Waals surface area contributed by atoms with Crippen LogP contribution in [0.1, 0.15) is 15.9 Å². The second-order valence-corrected chi connectivity index (χ2v) is 5.64. The number of ketones is 1. The van der Waals surface area contributed by atoms with Gasteiger partial charge in [0.25, 0.3) is 5.69 Å². The number of carbonyl (C=O) groups is 2. The quantitative estimate of drug-likeness (QED) is 0.246. The van der Waals surface area contributed by atoms with Crippen molar-refractivity contribution < 1.29 is 19.2 Å². The van der Waals surface area contributed by atoms with Gasteiger partial charge in [0, 0.05) is 28.2 Å². The lowest BCUT2D eigenvalue weighted by molar-refractivity contribution is -0.384. The maximum Gasteiger partial charge on any atom is 0.331 e. The predicted molar refractivity (Wildman–Crippen MR) is 91.6 cm³/mol. The van der Waals surface area contributed by atoms with E-state index in [9.17, 15) is 19.7 Å². The summed E-state index contributed by atoms with van der Waals surface area (Å²) in [5.41, 5.74) is 1.02. The van der Waals surface area contributed by atoms with Crippen LogP contribution in [0.3, 0.4) is 0 Å². The van der Waals surface area contributed by atoms with Gasteiger partial charge >= 0.3 is 5.97 Å². The van der Waals surface area contributed by atoms with Crippen LogP contribution in [0.4, 0.5) is 5.69 Å². The van der Waals surface area contributed by atoms with Crippen molar-refractivity contribution in [3.63, 3.8) is 0 Å². The molecule has 0 bridgehead atoms. The highest BCUT2D eigenvalue weighted by molar-refractivity contribution is 9.10. The van der Waals surface area contributed by atoms with Crippen LogP contribution in [0.2, 0.25) is 0 Å². The molecule has 7 heteroatoms. The molecular formula is C17H12BrNO5. The molecule has 0 unspecified atom stereocenters. The fourth-order valence-corrected chi connectivity index (χ4v) is 2.20. The first-order chi connectivity index (χ1) is 11.5. The molecule has 0 aromatic heterocycles. The van der Waals surface area contributed by atoms with Crippen molar-refractivity contribution in [1.82, 2.24) is 0 Å². The summed E-state index contributed by atoms with van der Waals surface area (Å²) in [5, 5.41) is 10.5. The van der Waals surface area contributed by atoms with Gasteiger partial charge in [-0.2, -0.15) is 0 Å². The van der Waals surface area contributed by atoms with E-state index in [0.29, 0.717) is 11.1 Å². The molecule has 0 fully saturated rings. The first-order valence-corrected chi connectivity index (χ1v) is 7.63. The molecule has 0 amide bonds. The van der Waals surface area contributed by atoms with Crippen molar-refractivity contribution in [2.75, 3.05) is 6.61 Å². The molecule has 0 aliphatic heterocycles. The van der Waals surface area contributed by atoms with E-state index >= 15 is 0 Å². The third-order valence-electron chi connectivity index (χ3n) is 3.01. The minimum atomic E-state index is -0.670. The second kappa shape index (κ2) is 8.16. The second-order valence-electron chi connectivity index (χ2n) is 4.72. The van der Waals surface area contributed by atoms with Gasteiger partial charge in [-0.25, -0.2) is 4.79 Å². The largest absolute Gasteiger partial charge is 0.454 e. The third kappa shape index (κ3) is 5.13. The molecule has 0 radical (unpaired) electrons. The Labute approximate surface area is 146 Å². The van der Waals surface area contributed by atoms with Crippen molar-refractivity contribution in [3.05, 3.63) is 80.3 Å². The molecular weight excluding hydrogens is 378 g/mol. The number of non-ortho nitro benzene ring substituents is 1. The average Bonchev–Trinajstić information content (AvgIpc) is 2.58. The molecule has 0 aliphatic carbocycles. The Bertz CT molecular complexity index is 799. The summed E-state index contributed by atoms with van der Waals surface area (Å²) in [5.74, 6) is -0.981. The summed E-state index contributed by atoms with van der Waals surface area (Å²) in [7, 11) is 0. The highest BCUT2D eigenvalue weighted by atomic mass is 79.9. The van der Waals surface area contributed by atoms with Crippen molar-refractivity contribution in [1.29, 1.82) is 0 Å². The summed E-state index contributed by atoms with van der Waals surface area (Å²) in [6.07, 6.45) is 2.62. The number of carbonyl (C=O) groups excluding carboxylic acids is 2. The summed E-state index contributed by atoms with van der Waals surface area (Å²) in [4.78, 5) is 33.5. The van der Waals surface area contributed by atoms with E-state index in [2.05, 4.69) is 15.9 Å². The van der Waals surface area contributed by atoms with Crippen molar-refractivity contribution in [3.8, 4) is 0 Å². The molecule has 2 aromatic rings. The molecule has 0 spiro atoms. The predicted octanol–water partition coefficient (Wildman–Crippen LogP) is 3.80. The molecule has 0 saturated heterocycles. The zero-order chi connectivity index (χ0) is 17.5. The molecule has 6 nitrogen and oxygen atoms in total. The summed E-state index contributed by atoms with van der Waals surface area (Å²) in [6, 6.07) is 12.5. The zero-order valence-corrected chi connectivity index (χ0v) is 13.9. The van der Waals surface area contributed by atoms with Gasteiger partial charge < -0.3 is 4.74 Å². The van der Waals surface area contributed by atoms with E-state index in [4.69, 9.17) is 4.74 Å². The molecule has 2 aromatic carbocycles. The first-order valence-electron chi connectivity index (χ1n) is 6.84. The molecule has 24 heavy (non-hydrogen) atoms. The third-order valence-corrected chi connectivity index (χ3v) is 3.50. The van der Waals surface area contributed by atoms with Crippen LogP contribution in [0.15, 0.2) is 59.1 Å². The number of hydrogen-bond donors (Lipinski definition) is 0. The van der Waals surface area contributed by atoms with Crippen molar-refractivity contribution >= 4 is 39.4 Å². The van der Waals surface area contributed by atoms with Crippen molar-refractivity contribution in [2.24, 2.45) is 0 Å². The van der Waals surface area contributed by atoms with Gasteiger partial charge in [0.1, 0.15) is 0 Å². The van der Waals surface area contributed by atoms with Crippen LogP contribution in [-0.4, -0.2) is 23.3 Å². The maximum absolute atomic E-state index is 11.9. The SMILES string of the molecule is O=C(/C=C/c1ccc([N+](=O)[O-])cc1)OCC(=O)c1cccc(Br)c1. The Balaban J connectivity index is 1.88. The lowest BCUT2D eigenvalue weighted by Gasteiger charge is -2.02. The number of halogens is 1. The van der Waals surface area contributed by atoms with Gasteiger partial charge in [0.05, 0.1) is 4.92 Å². The summed E-state index contributed by atoms with van der Waals surface area (Å²) >= 11 is 3.26. The van der Waals surface area contributed by atoms with E-state index in [-0.39, 0.29) is 18.1 Å². The lowest BCUT2D eigenvalue weighted by Crippen LogP contribution is -2.12. The van der Waals surface area contributed by atoms with Gasteiger partial charge in [-0.3, -0.25) is 14.9 Å². The van der Waals surface area contributed by atoms with E-state index in [1.54, 1.807) is 24.3 Å². The number of nitro groups is 1. The van der Waals surface area contributed by atoms with Crippen LogP contribution < -0.4 is 0 Å². The van der Waals surface area contributed by atoms with Gasteiger partial charge in [0.15, 0.2) is 12.4 Å².